The van der Waals surface area contributed by atoms with Gasteiger partial charge in [-0.1, -0.05) is 48.9 Å². The molecule has 0 spiro atoms. The summed E-state index contributed by atoms with van der Waals surface area (Å²) >= 11 is 0. The van der Waals surface area contributed by atoms with Crippen LogP contribution in [0.1, 0.15) is 36.1 Å². The van der Waals surface area contributed by atoms with Gasteiger partial charge in [0.05, 0.1) is 0 Å². The van der Waals surface area contributed by atoms with Gasteiger partial charge in [0.25, 0.3) is 0 Å². The fraction of sp³-hybridized carbons (Fsp3) is 0.294. The summed E-state index contributed by atoms with van der Waals surface area (Å²) in [5, 5.41) is 0. The fourth-order valence-corrected chi connectivity index (χ4v) is 1.90. The van der Waals surface area contributed by atoms with Gasteiger partial charge in [-0.05, 0) is 36.6 Å². The number of aryl methyl sites for hydroxylation is 1. The second-order valence-electron chi connectivity index (χ2n) is 4.86. The molecule has 0 radical (unpaired) electrons. The first-order valence-corrected chi connectivity index (χ1v) is 6.73. The Kier molecular flexibility index (Phi) is 4.58. The normalized spacial score (nSPS) is 12.2. The summed E-state index contributed by atoms with van der Waals surface area (Å²) in [6.45, 7) is 4.77. The largest absolute Gasteiger partial charge is 0.489 e. The average molecular weight is 255 g/mol. The van der Waals surface area contributed by atoms with Crippen LogP contribution < -0.4 is 10.5 Å². The number of nitrogens with two attached hydrogens (primary N) is 1. The molecule has 2 nitrogen and oxygen atoms in total. The third kappa shape index (κ3) is 3.83. The molecule has 1 atom stereocenters. The highest BCUT2D eigenvalue weighted by molar-refractivity contribution is 5.29. The molecule has 0 bridgehead atoms. The van der Waals surface area contributed by atoms with E-state index in [0.29, 0.717) is 6.61 Å². The lowest BCUT2D eigenvalue weighted by Gasteiger charge is -2.11. The van der Waals surface area contributed by atoms with E-state index >= 15 is 0 Å². The van der Waals surface area contributed by atoms with Crippen molar-refractivity contribution >= 4 is 0 Å². The highest BCUT2D eigenvalue weighted by Crippen LogP contribution is 2.19. The van der Waals surface area contributed by atoms with Crippen LogP contribution >= 0.6 is 0 Å². The second-order valence-corrected chi connectivity index (χ2v) is 4.86. The first-order chi connectivity index (χ1) is 9.19. The lowest BCUT2D eigenvalue weighted by Crippen LogP contribution is -2.08. The molecule has 2 rings (SSSR count). The van der Waals surface area contributed by atoms with Crippen LogP contribution in [-0.2, 0) is 6.61 Å². The van der Waals surface area contributed by atoms with Crippen molar-refractivity contribution in [1.29, 1.82) is 0 Å². The van der Waals surface area contributed by atoms with Crippen LogP contribution in [0.3, 0.4) is 0 Å². The molecule has 2 aromatic rings. The third-order valence-electron chi connectivity index (χ3n) is 3.27. The van der Waals surface area contributed by atoms with Gasteiger partial charge in [0.15, 0.2) is 0 Å². The monoisotopic (exact) mass is 255 g/mol. The van der Waals surface area contributed by atoms with Crippen LogP contribution in [0.4, 0.5) is 0 Å². The Bertz CT molecular complexity index is 502. The van der Waals surface area contributed by atoms with Gasteiger partial charge in [0.1, 0.15) is 12.4 Å². The molecule has 100 valence electrons. The van der Waals surface area contributed by atoms with Crippen molar-refractivity contribution in [2.24, 2.45) is 5.73 Å². The molecule has 19 heavy (non-hydrogen) atoms. The van der Waals surface area contributed by atoms with Crippen molar-refractivity contribution in [1.82, 2.24) is 0 Å². The molecule has 0 aromatic heterocycles. The maximum absolute atomic E-state index is 5.98. The molecule has 2 aromatic carbocycles. The molecule has 0 saturated carbocycles. The molecule has 0 aliphatic carbocycles. The zero-order valence-electron chi connectivity index (χ0n) is 11.6. The quantitative estimate of drug-likeness (QED) is 0.877. The predicted octanol–water partition coefficient (Wildman–Crippen LogP) is 3.98. The van der Waals surface area contributed by atoms with Crippen molar-refractivity contribution in [3.63, 3.8) is 0 Å². The minimum absolute atomic E-state index is 0.117. The Balaban J connectivity index is 1.94. The van der Waals surface area contributed by atoms with Gasteiger partial charge in [0, 0.05) is 6.04 Å². The van der Waals surface area contributed by atoms with E-state index in [1.54, 1.807) is 0 Å². The van der Waals surface area contributed by atoms with Crippen LogP contribution in [0.15, 0.2) is 48.5 Å². The highest BCUT2D eigenvalue weighted by atomic mass is 16.5. The average Bonchev–Trinajstić information content (AvgIpc) is 2.46. The van der Waals surface area contributed by atoms with E-state index < -0.39 is 0 Å². The van der Waals surface area contributed by atoms with Crippen LogP contribution in [-0.4, -0.2) is 0 Å². The zero-order chi connectivity index (χ0) is 13.7. The zero-order valence-corrected chi connectivity index (χ0v) is 11.6. The Labute approximate surface area is 115 Å². The molecule has 2 heteroatoms. The van der Waals surface area contributed by atoms with Crippen LogP contribution in [0.2, 0.25) is 0 Å². The number of ether oxygens (including phenoxy) is 1. The summed E-state index contributed by atoms with van der Waals surface area (Å²) in [4.78, 5) is 0. The van der Waals surface area contributed by atoms with Gasteiger partial charge in [0.2, 0.25) is 0 Å². The molecule has 0 heterocycles. The van der Waals surface area contributed by atoms with Crippen molar-refractivity contribution in [2.45, 2.75) is 32.9 Å². The van der Waals surface area contributed by atoms with E-state index in [4.69, 9.17) is 10.5 Å². The number of rotatable bonds is 5. The molecule has 0 fully saturated rings. The van der Waals surface area contributed by atoms with Gasteiger partial charge in [-0.15, -0.1) is 0 Å². The molecule has 0 saturated heterocycles. The van der Waals surface area contributed by atoms with Crippen molar-refractivity contribution in [2.75, 3.05) is 0 Å². The summed E-state index contributed by atoms with van der Waals surface area (Å²) in [5.41, 5.74) is 9.59. The summed E-state index contributed by atoms with van der Waals surface area (Å²) < 4.78 is 5.76. The third-order valence-corrected chi connectivity index (χ3v) is 3.27. The van der Waals surface area contributed by atoms with E-state index in [-0.39, 0.29) is 6.04 Å². The molecule has 0 aliphatic rings. The number of hydrogen-bond donors (Lipinski definition) is 1. The standard InChI is InChI=1S/C17H21NO/c1-3-17(18)15-8-10-16(11-9-15)19-12-14-6-4-13(2)5-7-14/h4-11,17H,3,12,18H2,1-2H3. The van der Waals surface area contributed by atoms with Crippen molar-refractivity contribution < 1.29 is 4.74 Å². The molecular formula is C17H21NO. The van der Waals surface area contributed by atoms with Gasteiger partial charge >= 0.3 is 0 Å². The van der Waals surface area contributed by atoms with Crippen molar-refractivity contribution in [3.05, 3.63) is 65.2 Å². The summed E-state index contributed by atoms with van der Waals surface area (Å²) in [6, 6.07) is 16.6. The molecule has 1 unspecified atom stereocenters. The summed E-state index contributed by atoms with van der Waals surface area (Å²) in [6.07, 6.45) is 0.948. The Morgan fingerprint density at radius 2 is 1.63 bits per heavy atom. The Morgan fingerprint density at radius 1 is 1.00 bits per heavy atom. The van der Waals surface area contributed by atoms with Crippen LogP contribution in [0.5, 0.6) is 5.75 Å². The van der Waals surface area contributed by atoms with Gasteiger partial charge in [-0.3, -0.25) is 0 Å². The number of benzene rings is 2. The molecule has 2 N–H and O–H groups in total. The smallest absolute Gasteiger partial charge is 0.119 e. The second kappa shape index (κ2) is 6.39. The first kappa shape index (κ1) is 13.6. The summed E-state index contributed by atoms with van der Waals surface area (Å²) in [7, 11) is 0. The fourth-order valence-electron chi connectivity index (χ4n) is 1.90. The highest BCUT2D eigenvalue weighted by Gasteiger charge is 2.03. The Hall–Kier alpha value is -1.80. The lowest BCUT2D eigenvalue weighted by atomic mass is 10.1. The van der Waals surface area contributed by atoms with E-state index in [1.165, 1.54) is 11.1 Å². The first-order valence-electron chi connectivity index (χ1n) is 6.73. The lowest BCUT2D eigenvalue weighted by molar-refractivity contribution is 0.306. The number of hydrogen-bond acceptors (Lipinski definition) is 2. The maximum Gasteiger partial charge on any atom is 0.119 e. The minimum Gasteiger partial charge on any atom is -0.489 e. The van der Waals surface area contributed by atoms with E-state index in [1.807, 2.05) is 24.3 Å². The molecule has 0 aliphatic heterocycles. The van der Waals surface area contributed by atoms with Gasteiger partial charge in [-0.25, -0.2) is 0 Å². The molecule has 0 amide bonds. The molecular weight excluding hydrogens is 234 g/mol. The van der Waals surface area contributed by atoms with Crippen LogP contribution in [0.25, 0.3) is 0 Å². The SMILES string of the molecule is CCC(N)c1ccc(OCc2ccc(C)cc2)cc1. The van der Waals surface area contributed by atoms with Crippen LogP contribution in [0, 0.1) is 6.92 Å². The topological polar surface area (TPSA) is 35.2 Å². The van der Waals surface area contributed by atoms with E-state index in [2.05, 4.69) is 38.1 Å². The van der Waals surface area contributed by atoms with Crippen molar-refractivity contribution in [3.8, 4) is 5.75 Å². The minimum atomic E-state index is 0.117. The Morgan fingerprint density at radius 3 is 2.21 bits per heavy atom. The van der Waals surface area contributed by atoms with Gasteiger partial charge < -0.3 is 10.5 Å². The summed E-state index contributed by atoms with van der Waals surface area (Å²) in [5.74, 6) is 0.882. The van der Waals surface area contributed by atoms with E-state index in [9.17, 15) is 0 Å². The van der Waals surface area contributed by atoms with Gasteiger partial charge in [-0.2, -0.15) is 0 Å². The van der Waals surface area contributed by atoms with E-state index in [0.717, 1.165) is 17.7 Å². The predicted molar refractivity (Wildman–Crippen MR) is 79.2 cm³/mol. The maximum atomic E-state index is 5.98.